The van der Waals surface area contributed by atoms with Gasteiger partial charge in [0.1, 0.15) is 5.69 Å². The maximum atomic E-state index is 13.5. The van der Waals surface area contributed by atoms with Crippen molar-refractivity contribution in [3.63, 3.8) is 0 Å². The number of hydrogen-bond acceptors (Lipinski definition) is 4. The number of aromatic amines is 1. The molecule has 1 aromatic carbocycles. The zero-order valence-corrected chi connectivity index (χ0v) is 18.0. The van der Waals surface area contributed by atoms with E-state index in [1.165, 1.54) is 0 Å². The van der Waals surface area contributed by atoms with Crippen molar-refractivity contribution >= 4 is 11.8 Å². The van der Waals surface area contributed by atoms with Crippen LogP contribution < -0.4 is 5.32 Å². The molecule has 4 rings (SSSR count). The predicted molar refractivity (Wildman–Crippen MR) is 123 cm³/mol. The van der Waals surface area contributed by atoms with E-state index in [1.807, 2.05) is 30.5 Å². The summed E-state index contributed by atoms with van der Waals surface area (Å²) in [6, 6.07) is 13.7. The number of H-pyrrole nitrogens is 1. The van der Waals surface area contributed by atoms with Crippen molar-refractivity contribution in [1.82, 2.24) is 25.4 Å². The topological polar surface area (TPSA) is 91.0 Å². The second-order valence-corrected chi connectivity index (χ2v) is 8.16. The quantitative estimate of drug-likeness (QED) is 0.564. The molecule has 2 amide bonds. The maximum Gasteiger partial charge on any atom is 0.271 e. The zero-order valence-electron chi connectivity index (χ0n) is 18.0. The first-order valence-electron chi connectivity index (χ1n) is 10.8. The summed E-state index contributed by atoms with van der Waals surface area (Å²) in [5.74, 6) is -0.191. The van der Waals surface area contributed by atoms with Gasteiger partial charge in [-0.3, -0.25) is 19.7 Å². The number of benzene rings is 1. The molecule has 1 saturated heterocycles. The number of likely N-dealkylation sites (tertiary alicyclic amines) is 1. The zero-order chi connectivity index (χ0) is 22.4. The van der Waals surface area contributed by atoms with Gasteiger partial charge in [-0.05, 0) is 42.5 Å². The molecule has 164 valence electrons. The maximum absolute atomic E-state index is 13.5. The molecule has 0 saturated carbocycles. The number of carbonyl (C=O) groups is 2. The number of nitrogens with one attached hydrogen (secondary N) is 2. The van der Waals surface area contributed by atoms with Gasteiger partial charge in [0.05, 0.1) is 5.41 Å². The first-order chi connectivity index (χ1) is 15.6. The third-order valence-corrected chi connectivity index (χ3v) is 6.00. The van der Waals surface area contributed by atoms with Crippen molar-refractivity contribution in [2.75, 3.05) is 19.6 Å². The lowest BCUT2D eigenvalue weighted by Crippen LogP contribution is -2.54. The Morgan fingerprint density at radius 1 is 1.19 bits per heavy atom. The molecule has 7 heteroatoms. The van der Waals surface area contributed by atoms with E-state index in [0.29, 0.717) is 38.2 Å². The highest BCUT2D eigenvalue weighted by atomic mass is 16.2. The number of piperidine rings is 1. The molecule has 0 radical (unpaired) electrons. The Kier molecular flexibility index (Phi) is 6.44. The second-order valence-electron chi connectivity index (χ2n) is 8.16. The Bertz CT molecular complexity index is 1080. The summed E-state index contributed by atoms with van der Waals surface area (Å²) >= 11 is 0. The minimum Gasteiger partial charge on any atom is -0.352 e. The minimum absolute atomic E-state index is 0.0551. The molecule has 0 unspecified atom stereocenters. The number of aromatic nitrogens is 3. The summed E-state index contributed by atoms with van der Waals surface area (Å²) in [6.07, 6.45) is 8.78. The summed E-state index contributed by atoms with van der Waals surface area (Å²) in [5, 5.41) is 9.63. The van der Waals surface area contributed by atoms with Crippen molar-refractivity contribution in [1.29, 1.82) is 0 Å². The van der Waals surface area contributed by atoms with Gasteiger partial charge in [0.2, 0.25) is 5.91 Å². The fraction of sp³-hybridized carbons (Fsp3) is 0.280. The lowest BCUT2D eigenvalue weighted by Gasteiger charge is -2.42. The van der Waals surface area contributed by atoms with E-state index in [9.17, 15) is 9.59 Å². The van der Waals surface area contributed by atoms with Gasteiger partial charge in [-0.25, -0.2) is 0 Å². The van der Waals surface area contributed by atoms with Crippen LogP contribution in [0.15, 0.2) is 73.7 Å². The number of carbonyl (C=O) groups excluding carboxylic acids is 2. The summed E-state index contributed by atoms with van der Waals surface area (Å²) in [4.78, 5) is 32.5. The number of nitrogens with zero attached hydrogens (tertiary/aromatic N) is 3. The van der Waals surface area contributed by atoms with E-state index >= 15 is 0 Å². The van der Waals surface area contributed by atoms with Crippen molar-refractivity contribution in [2.24, 2.45) is 5.41 Å². The molecule has 3 heterocycles. The van der Waals surface area contributed by atoms with E-state index in [-0.39, 0.29) is 11.8 Å². The number of pyridine rings is 1. The van der Waals surface area contributed by atoms with E-state index < -0.39 is 5.41 Å². The third kappa shape index (κ3) is 4.46. The van der Waals surface area contributed by atoms with Gasteiger partial charge >= 0.3 is 0 Å². The van der Waals surface area contributed by atoms with Crippen molar-refractivity contribution in [3.05, 3.63) is 85.0 Å². The van der Waals surface area contributed by atoms with Crippen LogP contribution in [0.4, 0.5) is 0 Å². The molecule has 0 aliphatic carbocycles. The van der Waals surface area contributed by atoms with Gasteiger partial charge in [-0.1, -0.05) is 36.4 Å². The Morgan fingerprint density at radius 3 is 2.81 bits per heavy atom. The summed E-state index contributed by atoms with van der Waals surface area (Å²) in [7, 11) is 0. The SMILES string of the molecule is C=CCNC(=O)[C@@]1(Cc2ccccc2-c2cccnc2)CCCN(C(=O)c2ccn[nH]2)C1. The standard InChI is InChI=1S/C25H27N5O2/c1-2-12-27-24(32)25(11-6-15-30(18-25)23(31)22-10-14-28-29-22)16-19-7-3-4-9-21(19)20-8-5-13-26-17-20/h2-5,7-10,13-14,17H,1,6,11-12,15-16,18H2,(H,27,32)(H,28,29)/t25-/m1/s1. The Morgan fingerprint density at radius 2 is 2.06 bits per heavy atom. The molecule has 0 bridgehead atoms. The molecule has 3 aromatic rings. The lowest BCUT2D eigenvalue weighted by molar-refractivity contribution is -0.133. The average molecular weight is 430 g/mol. The molecule has 1 aliphatic heterocycles. The third-order valence-electron chi connectivity index (χ3n) is 6.00. The van der Waals surface area contributed by atoms with Gasteiger partial charge in [0.15, 0.2) is 0 Å². The second kappa shape index (κ2) is 9.60. The molecule has 2 N–H and O–H groups in total. The van der Waals surface area contributed by atoms with Crippen LogP contribution in [-0.2, 0) is 11.2 Å². The van der Waals surface area contributed by atoms with Crippen molar-refractivity contribution in [3.8, 4) is 11.1 Å². The average Bonchev–Trinajstić information content (AvgIpc) is 3.38. The van der Waals surface area contributed by atoms with Crippen LogP contribution in [0.25, 0.3) is 11.1 Å². The molecule has 1 fully saturated rings. The largest absolute Gasteiger partial charge is 0.352 e. The van der Waals surface area contributed by atoms with Gasteiger partial charge in [0, 0.05) is 43.8 Å². The highest BCUT2D eigenvalue weighted by Crippen LogP contribution is 2.37. The molecule has 2 aromatic heterocycles. The predicted octanol–water partition coefficient (Wildman–Crippen LogP) is 3.24. The van der Waals surface area contributed by atoms with E-state index in [1.54, 1.807) is 29.4 Å². The van der Waals surface area contributed by atoms with E-state index in [2.05, 4.69) is 39.2 Å². The highest BCUT2D eigenvalue weighted by Gasteiger charge is 2.44. The number of rotatable bonds is 7. The van der Waals surface area contributed by atoms with Crippen LogP contribution in [0.1, 0.15) is 28.9 Å². The van der Waals surface area contributed by atoms with E-state index in [4.69, 9.17) is 0 Å². The first kappa shape index (κ1) is 21.5. The fourth-order valence-corrected chi connectivity index (χ4v) is 4.46. The molecule has 0 spiro atoms. The van der Waals surface area contributed by atoms with Crippen LogP contribution in [0, 0.1) is 5.41 Å². The van der Waals surface area contributed by atoms with Gasteiger partial charge in [0.25, 0.3) is 5.91 Å². The summed E-state index contributed by atoms with van der Waals surface area (Å²) in [6.45, 7) is 5.06. The number of amides is 2. The molecular weight excluding hydrogens is 402 g/mol. The minimum atomic E-state index is -0.741. The first-order valence-corrected chi connectivity index (χ1v) is 10.8. The smallest absolute Gasteiger partial charge is 0.271 e. The fourth-order valence-electron chi connectivity index (χ4n) is 4.46. The Hall–Kier alpha value is -3.74. The monoisotopic (exact) mass is 429 g/mol. The van der Waals surface area contributed by atoms with Crippen LogP contribution >= 0.6 is 0 Å². The molecule has 1 atom stereocenters. The van der Waals surface area contributed by atoms with Gasteiger partial charge in [-0.15, -0.1) is 6.58 Å². The van der Waals surface area contributed by atoms with Gasteiger partial charge < -0.3 is 10.2 Å². The van der Waals surface area contributed by atoms with Crippen LogP contribution in [0.2, 0.25) is 0 Å². The Labute approximate surface area is 187 Å². The molecule has 32 heavy (non-hydrogen) atoms. The Balaban J connectivity index is 1.68. The van der Waals surface area contributed by atoms with Gasteiger partial charge in [-0.2, -0.15) is 5.10 Å². The van der Waals surface area contributed by atoms with Crippen LogP contribution in [0.3, 0.4) is 0 Å². The summed E-state index contributed by atoms with van der Waals surface area (Å²) in [5.41, 5.74) is 2.81. The van der Waals surface area contributed by atoms with Crippen molar-refractivity contribution < 1.29 is 9.59 Å². The van der Waals surface area contributed by atoms with Crippen LogP contribution in [-0.4, -0.2) is 51.5 Å². The van der Waals surface area contributed by atoms with E-state index in [0.717, 1.165) is 23.1 Å². The number of hydrogen-bond donors (Lipinski definition) is 2. The highest BCUT2D eigenvalue weighted by molar-refractivity contribution is 5.93. The van der Waals surface area contributed by atoms with Crippen molar-refractivity contribution in [2.45, 2.75) is 19.3 Å². The normalized spacial score (nSPS) is 18.2. The lowest BCUT2D eigenvalue weighted by atomic mass is 9.73. The molecule has 7 nitrogen and oxygen atoms in total. The molecular formula is C25H27N5O2. The molecule has 1 aliphatic rings. The van der Waals surface area contributed by atoms with Crippen LogP contribution in [0.5, 0.6) is 0 Å². The summed E-state index contributed by atoms with van der Waals surface area (Å²) < 4.78 is 0.